The van der Waals surface area contributed by atoms with Crippen LogP contribution in [0.4, 0.5) is 0 Å². The monoisotopic (exact) mass is 297 g/mol. The lowest BCUT2D eigenvalue weighted by atomic mass is 10.2. The van der Waals surface area contributed by atoms with Gasteiger partial charge in [0.05, 0.1) is 10.5 Å². The fraction of sp³-hybridized carbons (Fsp3) is 0.500. The number of benzene rings is 1. The van der Waals surface area contributed by atoms with Crippen molar-refractivity contribution in [3.8, 4) is 0 Å². The highest BCUT2D eigenvalue weighted by molar-refractivity contribution is 8.00. The van der Waals surface area contributed by atoms with E-state index in [1.165, 1.54) is 0 Å². The predicted molar refractivity (Wildman–Crippen MR) is 80.8 cm³/mol. The van der Waals surface area contributed by atoms with Gasteiger partial charge in [-0.2, -0.15) is 0 Å². The Morgan fingerprint density at radius 2 is 2.05 bits per heavy atom. The summed E-state index contributed by atoms with van der Waals surface area (Å²) in [6, 6.07) is 9.93. The van der Waals surface area contributed by atoms with Gasteiger partial charge in [0.15, 0.2) is 0 Å². The standard InChI is InChI=1S/C14H19NO2S2/c1-14(2)11-15(8-9-19(14)17)13(16)10-18-12-6-4-3-5-7-12/h3-7H,8-11H2,1-2H3. The molecule has 1 heterocycles. The fourth-order valence-electron chi connectivity index (χ4n) is 2.05. The van der Waals surface area contributed by atoms with Crippen LogP contribution in [0.1, 0.15) is 13.8 Å². The van der Waals surface area contributed by atoms with E-state index < -0.39 is 10.8 Å². The maximum absolute atomic E-state index is 12.2. The van der Waals surface area contributed by atoms with Gasteiger partial charge in [-0.3, -0.25) is 9.00 Å². The van der Waals surface area contributed by atoms with Crippen molar-refractivity contribution in [2.24, 2.45) is 0 Å². The molecule has 1 aliphatic rings. The number of carbonyl (C=O) groups excluding carboxylic acids is 1. The van der Waals surface area contributed by atoms with Gasteiger partial charge in [-0.1, -0.05) is 18.2 Å². The third-order valence-corrected chi connectivity index (χ3v) is 6.10. The fourth-order valence-corrected chi connectivity index (χ4v) is 4.11. The van der Waals surface area contributed by atoms with Crippen LogP contribution in [-0.4, -0.2) is 44.4 Å². The van der Waals surface area contributed by atoms with Crippen LogP contribution in [0.3, 0.4) is 0 Å². The number of thioether (sulfide) groups is 1. The van der Waals surface area contributed by atoms with Gasteiger partial charge in [-0.25, -0.2) is 0 Å². The molecule has 0 bridgehead atoms. The molecule has 1 aromatic rings. The van der Waals surface area contributed by atoms with Crippen molar-refractivity contribution in [3.63, 3.8) is 0 Å². The van der Waals surface area contributed by atoms with E-state index in [4.69, 9.17) is 0 Å². The van der Waals surface area contributed by atoms with Gasteiger partial charge in [0, 0.05) is 34.5 Å². The Kier molecular flexibility index (Phi) is 4.68. The first-order valence-electron chi connectivity index (χ1n) is 6.33. The van der Waals surface area contributed by atoms with Crippen molar-refractivity contribution in [2.45, 2.75) is 23.5 Å². The molecule has 0 radical (unpaired) electrons. The van der Waals surface area contributed by atoms with Crippen LogP contribution < -0.4 is 0 Å². The van der Waals surface area contributed by atoms with E-state index in [2.05, 4.69) is 0 Å². The van der Waals surface area contributed by atoms with Crippen molar-refractivity contribution in [2.75, 3.05) is 24.6 Å². The number of amides is 1. The molecule has 1 amide bonds. The lowest BCUT2D eigenvalue weighted by Crippen LogP contribution is -2.52. The summed E-state index contributed by atoms with van der Waals surface area (Å²) in [5.41, 5.74) is 0. The van der Waals surface area contributed by atoms with E-state index >= 15 is 0 Å². The number of rotatable bonds is 3. The summed E-state index contributed by atoms with van der Waals surface area (Å²) < 4.78 is 11.5. The van der Waals surface area contributed by atoms with Crippen molar-refractivity contribution in [1.82, 2.24) is 4.90 Å². The van der Waals surface area contributed by atoms with E-state index in [1.807, 2.05) is 49.1 Å². The molecule has 1 saturated heterocycles. The highest BCUT2D eigenvalue weighted by Gasteiger charge is 2.34. The predicted octanol–water partition coefficient (Wildman–Crippen LogP) is 2.15. The summed E-state index contributed by atoms with van der Waals surface area (Å²) in [5, 5.41) is 0. The molecule has 0 saturated carbocycles. The Labute approximate surface area is 121 Å². The molecule has 1 aliphatic heterocycles. The van der Waals surface area contributed by atoms with Crippen LogP contribution >= 0.6 is 11.8 Å². The third kappa shape index (κ3) is 3.83. The molecular formula is C14H19NO2S2. The lowest BCUT2D eigenvalue weighted by molar-refractivity contribution is -0.128. The lowest BCUT2D eigenvalue weighted by Gasteiger charge is -2.37. The van der Waals surface area contributed by atoms with Crippen LogP contribution in [0.2, 0.25) is 0 Å². The van der Waals surface area contributed by atoms with Crippen LogP contribution in [-0.2, 0) is 15.6 Å². The highest BCUT2D eigenvalue weighted by Crippen LogP contribution is 2.22. The van der Waals surface area contributed by atoms with Gasteiger partial charge in [0.2, 0.25) is 5.91 Å². The van der Waals surface area contributed by atoms with Gasteiger partial charge >= 0.3 is 0 Å². The van der Waals surface area contributed by atoms with E-state index in [0.717, 1.165) is 4.90 Å². The number of hydrogen-bond acceptors (Lipinski definition) is 3. The van der Waals surface area contributed by atoms with Gasteiger partial charge in [-0.05, 0) is 26.0 Å². The maximum Gasteiger partial charge on any atom is 0.233 e. The number of carbonyl (C=O) groups is 1. The summed E-state index contributed by atoms with van der Waals surface area (Å²) >= 11 is 1.56. The second-order valence-corrected chi connectivity index (χ2v) is 8.48. The van der Waals surface area contributed by atoms with Crippen molar-refractivity contribution < 1.29 is 9.00 Å². The van der Waals surface area contributed by atoms with Crippen molar-refractivity contribution in [1.29, 1.82) is 0 Å². The second-order valence-electron chi connectivity index (χ2n) is 5.23. The van der Waals surface area contributed by atoms with E-state index in [-0.39, 0.29) is 10.7 Å². The normalized spacial score (nSPS) is 22.2. The Morgan fingerprint density at radius 1 is 1.37 bits per heavy atom. The van der Waals surface area contributed by atoms with E-state index in [0.29, 0.717) is 24.6 Å². The van der Waals surface area contributed by atoms with Gasteiger partial charge < -0.3 is 4.90 Å². The smallest absolute Gasteiger partial charge is 0.233 e. The van der Waals surface area contributed by atoms with Gasteiger partial charge in [0.1, 0.15) is 0 Å². The summed E-state index contributed by atoms with van der Waals surface area (Å²) in [6.45, 7) is 5.14. The molecule has 1 unspecified atom stereocenters. The zero-order valence-corrected chi connectivity index (χ0v) is 12.9. The molecule has 1 fully saturated rings. The first-order valence-corrected chi connectivity index (χ1v) is 8.63. The molecule has 19 heavy (non-hydrogen) atoms. The average Bonchev–Trinajstić information content (AvgIpc) is 2.40. The van der Waals surface area contributed by atoms with E-state index in [9.17, 15) is 9.00 Å². The molecule has 1 aromatic carbocycles. The van der Waals surface area contributed by atoms with Crippen molar-refractivity contribution in [3.05, 3.63) is 30.3 Å². The van der Waals surface area contributed by atoms with E-state index in [1.54, 1.807) is 11.8 Å². The van der Waals surface area contributed by atoms with Gasteiger partial charge in [0.25, 0.3) is 0 Å². The SMILES string of the molecule is CC1(C)CN(C(=O)CSc2ccccc2)CCS1=O. The Hall–Kier alpha value is -0.810. The molecule has 0 aromatic heterocycles. The molecule has 2 rings (SSSR count). The van der Waals surface area contributed by atoms with Crippen LogP contribution in [0, 0.1) is 0 Å². The second kappa shape index (κ2) is 6.09. The third-order valence-electron chi connectivity index (χ3n) is 3.19. The average molecular weight is 297 g/mol. The number of nitrogens with zero attached hydrogens (tertiary/aromatic N) is 1. The van der Waals surface area contributed by atoms with Crippen LogP contribution in [0.25, 0.3) is 0 Å². The summed E-state index contributed by atoms with van der Waals surface area (Å²) in [6.07, 6.45) is 0. The molecule has 5 heteroatoms. The highest BCUT2D eigenvalue weighted by atomic mass is 32.2. The largest absolute Gasteiger partial charge is 0.340 e. The number of hydrogen-bond donors (Lipinski definition) is 0. The molecule has 0 aliphatic carbocycles. The quantitative estimate of drug-likeness (QED) is 0.802. The van der Waals surface area contributed by atoms with Gasteiger partial charge in [-0.15, -0.1) is 11.8 Å². The zero-order chi connectivity index (χ0) is 13.9. The summed E-state index contributed by atoms with van der Waals surface area (Å²) in [5.74, 6) is 1.18. The maximum atomic E-state index is 12.2. The minimum atomic E-state index is -0.828. The Balaban J connectivity index is 1.89. The Bertz CT molecular complexity index is 474. The molecule has 0 N–H and O–H groups in total. The van der Waals surface area contributed by atoms with Crippen molar-refractivity contribution >= 4 is 28.5 Å². The Morgan fingerprint density at radius 3 is 2.68 bits per heavy atom. The summed E-state index contributed by atoms with van der Waals surface area (Å²) in [7, 11) is -0.828. The van der Waals surface area contributed by atoms with Crippen LogP contribution in [0.5, 0.6) is 0 Å². The first kappa shape index (κ1) is 14.6. The minimum absolute atomic E-state index is 0.138. The molecule has 104 valence electrons. The summed E-state index contributed by atoms with van der Waals surface area (Å²) in [4.78, 5) is 15.1. The molecule has 3 nitrogen and oxygen atoms in total. The molecule has 1 atom stereocenters. The molecular weight excluding hydrogens is 278 g/mol. The first-order chi connectivity index (χ1) is 8.99. The zero-order valence-electron chi connectivity index (χ0n) is 11.3. The molecule has 0 spiro atoms. The van der Waals surface area contributed by atoms with Crippen LogP contribution in [0.15, 0.2) is 35.2 Å². The topological polar surface area (TPSA) is 37.4 Å². The minimum Gasteiger partial charge on any atom is -0.340 e.